The van der Waals surface area contributed by atoms with E-state index in [0.29, 0.717) is 11.4 Å². The summed E-state index contributed by atoms with van der Waals surface area (Å²) in [6, 6.07) is 13.4. The van der Waals surface area contributed by atoms with Crippen LogP contribution in [0.4, 0.5) is 5.69 Å². The molecule has 0 unspecified atom stereocenters. The SMILES string of the molecule is COc1ccc(S(=O)(=O)Nc2cccc(-c3nnc4n3CCC4)c2)cc1. The van der Waals surface area contributed by atoms with Crippen LogP contribution >= 0.6 is 0 Å². The lowest BCUT2D eigenvalue weighted by molar-refractivity contribution is 0.414. The highest BCUT2D eigenvalue weighted by Crippen LogP contribution is 2.26. The molecule has 4 rings (SSSR count). The molecule has 0 saturated heterocycles. The largest absolute Gasteiger partial charge is 0.497 e. The van der Waals surface area contributed by atoms with E-state index in [1.165, 1.54) is 19.2 Å². The summed E-state index contributed by atoms with van der Waals surface area (Å²) in [4.78, 5) is 0.173. The molecular formula is C18H18N4O3S. The number of aryl methyl sites for hydroxylation is 1. The van der Waals surface area contributed by atoms with Crippen LogP contribution in [0.1, 0.15) is 12.2 Å². The molecule has 0 atom stereocenters. The van der Waals surface area contributed by atoms with Crippen LogP contribution in [0.3, 0.4) is 0 Å². The van der Waals surface area contributed by atoms with Crippen molar-refractivity contribution in [3.05, 3.63) is 54.4 Å². The van der Waals surface area contributed by atoms with Crippen LogP contribution in [-0.2, 0) is 23.0 Å². The topological polar surface area (TPSA) is 86.1 Å². The Hall–Kier alpha value is -2.87. The Balaban J connectivity index is 1.62. The third-order valence-corrected chi connectivity index (χ3v) is 5.75. The quantitative estimate of drug-likeness (QED) is 0.746. The molecule has 2 aromatic carbocycles. The molecule has 2 heterocycles. The molecule has 0 aliphatic carbocycles. The van der Waals surface area contributed by atoms with Gasteiger partial charge in [-0.25, -0.2) is 8.42 Å². The Kier molecular flexibility index (Phi) is 4.12. The van der Waals surface area contributed by atoms with Gasteiger partial charge in [0.1, 0.15) is 11.6 Å². The molecule has 0 saturated carbocycles. The van der Waals surface area contributed by atoms with Gasteiger partial charge in [-0.1, -0.05) is 12.1 Å². The van der Waals surface area contributed by atoms with Gasteiger partial charge in [-0.05, 0) is 42.8 Å². The lowest BCUT2D eigenvalue weighted by atomic mass is 10.2. The minimum atomic E-state index is -3.68. The van der Waals surface area contributed by atoms with E-state index in [1.807, 2.05) is 6.07 Å². The maximum Gasteiger partial charge on any atom is 0.261 e. The second-order valence-corrected chi connectivity index (χ2v) is 7.74. The molecule has 134 valence electrons. The van der Waals surface area contributed by atoms with Crippen LogP contribution in [0.25, 0.3) is 11.4 Å². The predicted octanol–water partition coefficient (Wildman–Crippen LogP) is 2.70. The maximum absolute atomic E-state index is 12.6. The summed E-state index contributed by atoms with van der Waals surface area (Å²) >= 11 is 0. The molecule has 1 aliphatic heterocycles. The molecule has 0 spiro atoms. The van der Waals surface area contributed by atoms with Crippen molar-refractivity contribution in [2.75, 3.05) is 11.8 Å². The zero-order valence-electron chi connectivity index (χ0n) is 14.2. The fourth-order valence-corrected chi connectivity index (χ4v) is 4.10. The van der Waals surface area contributed by atoms with Crippen molar-refractivity contribution in [1.29, 1.82) is 0 Å². The number of hydrogen-bond acceptors (Lipinski definition) is 5. The van der Waals surface area contributed by atoms with E-state index in [-0.39, 0.29) is 4.90 Å². The Morgan fingerprint density at radius 1 is 1.12 bits per heavy atom. The number of fused-ring (bicyclic) bond motifs is 1. The third kappa shape index (κ3) is 3.03. The molecule has 8 heteroatoms. The van der Waals surface area contributed by atoms with E-state index in [2.05, 4.69) is 19.5 Å². The molecule has 7 nitrogen and oxygen atoms in total. The van der Waals surface area contributed by atoms with Crippen molar-refractivity contribution in [2.24, 2.45) is 0 Å². The molecule has 0 bridgehead atoms. The number of rotatable bonds is 5. The van der Waals surface area contributed by atoms with E-state index < -0.39 is 10.0 Å². The summed E-state index contributed by atoms with van der Waals surface area (Å²) in [7, 11) is -2.15. The molecule has 0 amide bonds. The predicted molar refractivity (Wildman–Crippen MR) is 97.6 cm³/mol. The van der Waals surface area contributed by atoms with Crippen molar-refractivity contribution >= 4 is 15.7 Å². The van der Waals surface area contributed by atoms with E-state index >= 15 is 0 Å². The molecule has 0 radical (unpaired) electrons. The minimum absolute atomic E-state index is 0.173. The number of sulfonamides is 1. The molecule has 0 fully saturated rings. The molecule has 26 heavy (non-hydrogen) atoms. The summed E-state index contributed by atoms with van der Waals surface area (Å²) in [6.07, 6.45) is 1.98. The van der Waals surface area contributed by atoms with Crippen LogP contribution < -0.4 is 9.46 Å². The summed E-state index contributed by atoms with van der Waals surface area (Å²) < 4.78 is 35.0. The summed E-state index contributed by atoms with van der Waals surface area (Å²) in [6.45, 7) is 0.888. The summed E-state index contributed by atoms with van der Waals surface area (Å²) in [5.41, 5.74) is 1.31. The minimum Gasteiger partial charge on any atom is -0.497 e. The third-order valence-electron chi connectivity index (χ3n) is 4.35. The van der Waals surface area contributed by atoms with E-state index in [4.69, 9.17) is 4.74 Å². The van der Waals surface area contributed by atoms with Gasteiger partial charge in [0.05, 0.1) is 12.0 Å². The van der Waals surface area contributed by atoms with Crippen LogP contribution in [-0.4, -0.2) is 30.3 Å². The maximum atomic E-state index is 12.6. The number of aromatic nitrogens is 3. The Bertz CT molecular complexity index is 1040. The summed E-state index contributed by atoms with van der Waals surface area (Å²) in [5, 5.41) is 8.45. The van der Waals surface area contributed by atoms with Gasteiger partial charge >= 0.3 is 0 Å². The number of anilines is 1. The van der Waals surface area contributed by atoms with Gasteiger partial charge in [0, 0.05) is 24.2 Å². The van der Waals surface area contributed by atoms with Crippen LogP contribution in [0.5, 0.6) is 5.75 Å². The Morgan fingerprint density at radius 3 is 2.69 bits per heavy atom. The van der Waals surface area contributed by atoms with Gasteiger partial charge in [0.15, 0.2) is 5.82 Å². The zero-order chi connectivity index (χ0) is 18.1. The first-order valence-electron chi connectivity index (χ1n) is 8.26. The highest BCUT2D eigenvalue weighted by molar-refractivity contribution is 7.92. The molecular weight excluding hydrogens is 352 g/mol. The fraction of sp³-hybridized carbons (Fsp3) is 0.222. The van der Waals surface area contributed by atoms with Crippen molar-refractivity contribution in [2.45, 2.75) is 24.3 Å². The standard InChI is InChI=1S/C18H18N4O3S/c1-25-15-7-9-16(10-8-15)26(23,24)21-14-5-2-4-13(12-14)18-20-19-17-6-3-11-22(17)18/h2,4-5,7-10,12,21H,3,6,11H2,1H3. The normalized spacial score (nSPS) is 13.4. The van der Waals surface area contributed by atoms with Gasteiger partial charge in [0.25, 0.3) is 10.0 Å². The van der Waals surface area contributed by atoms with Crippen LogP contribution in [0.15, 0.2) is 53.4 Å². The first kappa shape index (κ1) is 16.6. The highest BCUT2D eigenvalue weighted by Gasteiger charge is 2.19. The van der Waals surface area contributed by atoms with Gasteiger partial charge in [-0.3, -0.25) is 4.72 Å². The average Bonchev–Trinajstić information content (AvgIpc) is 3.25. The Labute approximate surface area is 151 Å². The van der Waals surface area contributed by atoms with Crippen molar-refractivity contribution in [3.8, 4) is 17.1 Å². The lowest BCUT2D eigenvalue weighted by Gasteiger charge is -2.10. The van der Waals surface area contributed by atoms with E-state index in [0.717, 1.165) is 36.6 Å². The van der Waals surface area contributed by atoms with Gasteiger partial charge in [-0.15, -0.1) is 10.2 Å². The smallest absolute Gasteiger partial charge is 0.261 e. The number of benzene rings is 2. The zero-order valence-corrected chi connectivity index (χ0v) is 15.0. The van der Waals surface area contributed by atoms with Crippen molar-refractivity contribution in [1.82, 2.24) is 14.8 Å². The fourth-order valence-electron chi connectivity index (χ4n) is 3.05. The second-order valence-electron chi connectivity index (χ2n) is 6.06. The van der Waals surface area contributed by atoms with Crippen molar-refractivity contribution in [3.63, 3.8) is 0 Å². The van der Waals surface area contributed by atoms with E-state index in [1.54, 1.807) is 30.3 Å². The van der Waals surface area contributed by atoms with Crippen LogP contribution in [0, 0.1) is 0 Å². The first-order chi connectivity index (χ1) is 12.6. The number of nitrogens with zero attached hydrogens (tertiary/aromatic N) is 3. The number of ether oxygens (including phenoxy) is 1. The van der Waals surface area contributed by atoms with Crippen LogP contribution in [0.2, 0.25) is 0 Å². The second kappa shape index (κ2) is 6.45. The molecule has 1 N–H and O–H groups in total. The molecule has 1 aliphatic rings. The average molecular weight is 370 g/mol. The molecule has 3 aromatic rings. The Morgan fingerprint density at radius 2 is 1.92 bits per heavy atom. The monoisotopic (exact) mass is 370 g/mol. The number of nitrogens with one attached hydrogen (secondary N) is 1. The number of methoxy groups -OCH3 is 1. The molecule has 1 aromatic heterocycles. The van der Waals surface area contributed by atoms with Crippen molar-refractivity contribution < 1.29 is 13.2 Å². The highest BCUT2D eigenvalue weighted by atomic mass is 32.2. The lowest BCUT2D eigenvalue weighted by Crippen LogP contribution is -2.13. The van der Waals surface area contributed by atoms with Gasteiger partial charge in [0.2, 0.25) is 0 Å². The van der Waals surface area contributed by atoms with E-state index in [9.17, 15) is 8.42 Å². The number of hydrogen-bond donors (Lipinski definition) is 1. The van der Waals surface area contributed by atoms with Gasteiger partial charge in [-0.2, -0.15) is 0 Å². The van der Waals surface area contributed by atoms with Gasteiger partial charge < -0.3 is 9.30 Å². The first-order valence-corrected chi connectivity index (χ1v) is 9.74. The summed E-state index contributed by atoms with van der Waals surface area (Å²) in [5.74, 6) is 2.35.